The number of carbonyl (C=O) groups is 1. The van der Waals surface area contributed by atoms with Crippen LogP contribution in [0.15, 0.2) is 30.5 Å². The smallest absolute Gasteiger partial charge is 0.359 e. The topological polar surface area (TPSA) is 144 Å². The van der Waals surface area contributed by atoms with Crippen molar-refractivity contribution in [2.75, 3.05) is 24.7 Å². The minimum Gasteiger partial charge on any atom is -0.461 e. The maximum atomic E-state index is 12.8. The lowest BCUT2D eigenvalue weighted by molar-refractivity contribution is -0.0366. The molecule has 0 radical (unpaired) electrons. The fourth-order valence-electron chi connectivity index (χ4n) is 4.47. The Kier molecular flexibility index (Phi) is 6.46. The van der Waals surface area contributed by atoms with Crippen molar-refractivity contribution in [2.24, 2.45) is 0 Å². The van der Waals surface area contributed by atoms with Crippen LogP contribution in [0, 0.1) is 6.92 Å². The third-order valence-corrected chi connectivity index (χ3v) is 6.41. The van der Waals surface area contributed by atoms with Crippen LogP contribution < -0.4 is 11.5 Å². The van der Waals surface area contributed by atoms with Gasteiger partial charge < -0.3 is 20.9 Å². The fraction of sp³-hybridized carbons (Fsp3) is 0.320. The van der Waals surface area contributed by atoms with Crippen molar-refractivity contribution in [3.63, 3.8) is 0 Å². The summed E-state index contributed by atoms with van der Waals surface area (Å²) < 4.78 is 13.1. The number of nitrogen functional groups attached to an aromatic ring is 2. The molecule has 4 heterocycles. The molecule has 1 atom stereocenters. The summed E-state index contributed by atoms with van der Waals surface area (Å²) >= 11 is 5.99. The van der Waals surface area contributed by atoms with Gasteiger partial charge in [-0.25, -0.2) is 24.4 Å². The standard InChI is InChI=1S/C25H26ClN7O3/c1-3-35-25(34)22-20(27)21(31-24(32-22)14-8-10-17(26)30-23(14)28)19-13(2)7-9-16-15(19)12-29-33(16)18-6-4-5-11-36-18/h7-10,12,18H,3-6,11,27H2,1-2H3,(H2,28,30). The summed E-state index contributed by atoms with van der Waals surface area (Å²) in [5.41, 5.74) is 16.0. The van der Waals surface area contributed by atoms with E-state index in [0.717, 1.165) is 41.3 Å². The molecular weight excluding hydrogens is 482 g/mol. The molecule has 0 saturated carbocycles. The van der Waals surface area contributed by atoms with Crippen LogP contribution in [-0.4, -0.2) is 43.9 Å². The van der Waals surface area contributed by atoms with E-state index in [1.807, 2.05) is 23.7 Å². The molecule has 0 aliphatic carbocycles. The summed E-state index contributed by atoms with van der Waals surface area (Å²) in [6, 6.07) is 7.21. The van der Waals surface area contributed by atoms with Gasteiger partial charge in [-0.05, 0) is 56.9 Å². The lowest BCUT2D eigenvalue weighted by Crippen LogP contribution is -2.19. The number of carbonyl (C=O) groups excluding carboxylic acids is 1. The Bertz CT molecular complexity index is 1460. The molecule has 11 heteroatoms. The Labute approximate surface area is 212 Å². The first kappa shape index (κ1) is 24.0. The highest BCUT2D eigenvalue weighted by Crippen LogP contribution is 2.38. The summed E-state index contributed by atoms with van der Waals surface area (Å²) in [6.07, 6.45) is 4.64. The third kappa shape index (κ3) is 4.22. The number of anilines is 2. The van der Waals surface area contributed by atoms with Gasteiger partial charge in [-0.3, -0.25) is 0 Å². The van der Waals surface area contributed by atoms with Crippen LogP contribution in [0.25, 0.3) is 33.5 Å². The van der Waals surface area contributed by atoms with Gasteiger partial charge >= 0.3 is 5.97 Å². The number of aryl methyl sites for hydroxylation is 1. The van der Waals surface area contributed by atoms with Crippen molar-refractivity contribution in [2.45, 2.75) is 39.3 Å². The van der Waals surface area contributed by atoms with Crippen LogP contribution in [0.5, 0.6) is 0 Å². The predicted molar refractivity (Wildman–Crippen MR) is 137 cm³/mol. The van der Waals surface area contributed by atoms with E-state index >= 15 is 0 Å². The number of nitrogens with two attached hydrogens (primary N) is 2. The first-order valence-electron chi connectivity index (χ1n) is 11.7. The first-order chi connectivity index (χ1) is 17.4. The molecule has 0 bridgehead atoms. The van der Waals surface area contributed by atoms with Gasteiger partial charge in [-0.2, -0.15) is 5.10 Å². The van der Waals surface area contributed by atoms with E-state index < -0.39 is 5.97 Å². The number of rotatable bonds is 5. The first-order valence-corrected chi connectivity index (χ1v) is 12.1. The number of aromatic nitrogens is 5. The second-order valence-electron chi connectivity index (χ2n) is 8.55. The quantitative estimate of drug-likeness (QED) is 0.293. The van der Waals surface area contributed by atoms with E-state index in [9.17, 15) is 4.79 Å². The molecule has 1 saturated heterocycles. The highest BCUT2D eigenvalue weighted by atomic mass is 35.5. The van der Waals surface area contributed by atoms with E-state index in [2.05, 4.69) is 15.1 Å². The monoisotopic (exact) mass is 507 g/mol. The average molecular weight is 508 g/mol. The van der Waals surface area contributed by atoms with Crippen molar-refractivity contribution in [3.05, 3.63) is 46.9 Å². The van der Waals surface area contributed by atoms with Gasteiger partial charge in [0.2, 0.25) is 0 Å². The van der Waals surface area contributed by atoms with Gasteiger partial charge in [-0.1, -0.05) is 17.7 Å². The van der Waals surface area contributed by atoms with Gasteiger partial charge in [0, 0.05) is 17.6 Å². The molecule has 36 heavy (non-hydrogen) atoms. The van der Waals surface area contributed by atoms with Crippen LogP contribution in [0.2, 0.25) is 5.15 Å². The second-order valence-corrected chi connectivity index (χ2v) is 8.93. The van der Waals surface area contributed by atoms with Crippen molar-refractivity contribution in [1.29, 1.82) is 0 Å². The molecule has 4 N–H and O–H groups in total. The third-order valence-electron chi connectivity index (χ3n) is 6.20. The molecule has 5 rings (SSSR count). The lowest BCUT2D eigenvalue weighted by atomic mass is 9.99. The minimum atomic E-state index is -0.656. The number of fused-ring (bicyclic) bond motifs is 1. The number of nitrogens with zero attached hydrogens (tertiary/aromatic N) is 5. The van der Waals surface area contributed by atoms with E-state index in [0.29, 0.717) is 17.9 Å². The van der Waals surface area contributed by atoms with Crippen LogP contribution in [0.3, 0.4) is 0 Å². The Morgan fingerprint density at radius 1 is 1.19 bits per heavy atom. The Morgan fingerprint density at radius 3 is 2.75 bits per heavy atom. The summed E-state index contributed by atoms with van der Waals surface area (Å²) in [4.78, 5) is 26.1. The van der Waals surface area contributed by atoms with Crippen LogP contribution in [-0.2, 0) is 9.47 Å². The molecule has 1 aliphatic rings. The normalized spacial score (nSPS) is 15.8. The van der Waals surface area contributed by atoms with Crippen molar-refractivity contribution < 1.29 is 14.3 Å². The molecule has 186 valence electrons. The predicted octanol–water partition coefficient (Wildman–Crippen LogP) is 4.56. The van der Waals surface area contributed by atoms with Gasteiger partial charge in [-0.15, -0.1) is 0 Å². The molecule has 0 amide bonds. The Balaban J connectivity index is 1.75. The molecule has 1 unspecified atom stereocenters. The number of hydrogen-bond acceptors (Lipinski definition) is 9. The van der Waals surface area contributed by atoms with Crippen LogP contribution in [0.1, 0.15) is 48.5 Å². The van der Waals surface area contributed by atoms with Gasteiger partial charge in [0.25, 0.3) is 0 Å². The molecule has 1 aromatic carbocycles. The molecule has 4 aromatic rings. The number of benzene rings is 1. The fourth-order valence-corrected chi connectivity index (χ4v) is 4.62. The minimum absolute atomic E-state index is 0.0504. The van der Waals surface area contributed by atoms with Gasteiger partial charge in [0.15, 0.2) is 17.7 Å². The van der Waals surface area contributed by atoms with E-state index in [1.165, 1.54) is 0 Å². The van der Waals surface area contributed by atoms with Crippen molar-refractivity contribution >= 4 is 40.0 Å². The van der Waals surface area contributed by atoms with Crippen molar-refractivity contribution in [3.8, 4) is 22.6 Å². The number of halogens is 1. The zero-order valence-corrected chi connectivity index (χ0v) is 20.7. The zero-order valence-electron chi connectivity index (χ0n) is 20.0. The number of ether oxygens (including phenoxy) is 2. The van der Waals surface area contributed by atoms with E-state index in [-0.39, 0.29) is 41.0 Å². The summed E-state index contributed by atoms with van der Waals surface area (Å²) in [7, 11) is 0. The largest absolute Gasteiger partial charge is 0.461 e. The zero-order chi connectivity index (χ0) is 25.4. The van der Waals surface area contributed by atoms with Crippen LogP contribution >= 0.6 is 11.6 Å². The second kappa shape index (κ2) is 9.71. The number of pyridine rings is 1. The maximum absolute atomic E-state index is 12.8. The number of esters is 1. The van der Waals surface area contributed by atoms with Gasteiger partial charge in [0.1, 0.15) is 11.0 Å². The highest BCUT2D eigenvalue weighted by Gasteiger charge is 2.26. The summed E-state index contributed by atoms with van der Waals surface area (Å²) in [6.45, 7) is 4.53. The van der Waals surface area contributed by atoms with Crippen molar-refractivity contribution in [1.82, 2.24) is 24.7 Å². The Morgan fingerprint density at radius 2 is 2.03 bits per heavy atom. The molecule has 10 nitrogen and oxygen atoms in total. The molecule has 3 aromatic heterocycles. The van der Waals surface area contributed by atoms with Crippen LogP contribution in [0.4, 0.5) is 11.5 Å². The highest BCUT2D eigenvalue weighted by molar-refractivity contribution is 6.29. The SMILES string of the molecule is CCOC(=O)c1nc(-c2ccc(Cl)nc2N)nc(-c2c(C)ccc3c2cnn3C2CCCCO2)c1N. The summed E-state index contributed by atoms with van der Waals surface area (Å²) in [5, 5.41) is 5.70. The maximum Gasteiger partial charge on any atom is 0.359 e. The van der Waals surface area contributed by atoms with Gasteiger partial charge in [0.05, 0.1) is 35.3 Å². The molecule has 1 aliphatic heterocycles. The summed E-state index contributed by atoms with van der Waals surface area (Å²) in [5.74, 6) is -0.343. The number of hydrogen-bond donors (Lipinski definition) is 2. The molecular formula is C25H26ClN7O3. The molecule has 0 spiro atoms. The van der Waals surface area contributed by atoms with E-state index in [1.54, 1.807) is 25.3 Å². The molecule has 1 fully saturated rings. The lowest BCUT2D eigenvalue weighted by Gasteiger charge is -2.23. The van der Waals surface area contributed by atoms with E-state index in [4.69, 9.17) is 37.5 Å². The Hall–Kier alpha value is -3.76. The average Bonchev–Trinajstić information content (AvgIpc) is 3.29.